The molecule has 1 rings (SSSR count). The molecule has 0 unspecified atom stereocenters. The number of nitrogens with two attached hydrogens (primary N) is 1. The maximum absolute atomic E-state index is 10.7. The predicted molar refractivity (Wildman–Crippen MR) is 45.0 cm³/mol. The molecule has 0 atom stereocenters. The fraction of sp³-hybridized carbons (Fsp3) is 1.00. The number of hydrogen-bond acceptors (Lipinski definition) is 3. The molecule has 1 aliphatic rings. The highest BCUT2D eigenvalue weighted by atomic mass is 35.7. The van der Waals surface area contributed by atoms with Gasteiger partial charge in [0.05, 0.1) is 5.75 Å². The molecular formula is C6H12ClNO2S. The van der Waals surface area contributed by atoms with Gasteiger partial charge in [-0.3, -0.25) is 0 Å². The van der Waals surface area contributed by atoms with E-state index in [1.807, 2.05) is 0 Å². The highest BCUT2D eigenvalue weighted by Crippen LogP contribution is 2.41. The summed E-state index contributed by atoms with van der Waals surface area (Å²) in [6, 6.07) is 0. The second-order valence-electron chi connectivity index (χ2n) is 3.24. The van der Waals surface area contributed by atoms with Gasteiger partial charge in [-0.15, -0.1) is 0 Å². The van der Waals surface area contributed by atoms with Gasteiger partial charge in [-0.05, 0) is 24.8 Å². The van der Waals surface area contributed by atoms with Crippen LogP contribution in [0.2, 0.25) is 0 Å². The van der Waals surface area contributed by atoms with Gasteiger partial charge < -0.3 is 5.73 Å². The Kier molecular flexibility index (Phi) is 2.46. The zero-order valence-corrected chi connectivity index (χ0v) is 7.79. The number of rotatable bonds is 3. The molecule has 0 aromatic carbocycles. The third kappa shape index (κ3) is 2.32. The first-order valence-corrected chi connectivity index (χ1v) is 6.08. The first kappa shape index (κ1) is 9.29. The van der Waals surface area contributed by atoms with E-state index in [2.05, 4.69) is 0 Å². The number of hydrogen-bond donors (Lipinski definition) is 1. The van der Waals surface area contributed by atoms with E-state index in [0.717, 1.165) is 19.3 Å². The van der Waals surface area contributed by atoms with Crippen LogP contribution in [0.4, 0.5) is 0 Å². The van der Waals surface area contributed by atoms with Crippen molar-refractivity contribution in [2.45, 2.75) is 19.3 Å². The Labute approximate surface area is 71.3 Å². The molecule has 0 spiro atoms. The molecule has 1 fully saturated rings. The van der Waals surface area contributed by atoms with Gasteiger partial charge in [0, 0.05) is 10.7 Å². The van der Waals surface area contributed by atoms with E-state index in [9.17, 15) is 8.42 Å². The second kappa shape index (κ2) is 2.92. The van der Waals surface area contributed by atoms with E-state index in [1.165, 1.54) is 0 Å². The largest absolute Gasteiger partial charge is 0.330 e. The van der Waals surface area contributed by atoms with Crippen LogP contribution < -0.4 is 5.73 Å². The van der Waals surface area contributed by atoms with Gasteiger partial charge in [0.2, 0.25) is 9.05 Å². The van der Waals surface area contributed by atoms with Crippen LogP contribution in [0, 0.1) is 5.41 Å². The topological polar surface area (TPSA) is 60.2 Å². The molecule has 0 aliphatic heterocycles. The van der Waals surface area contributed by atoms with Crippen molar-refractivity contribution in [2.75, 3.05) is 12.3 Å². The third-order valence-electron chi connectivity index (χ3n) is 2.33. The SMILES string of the molecule is NCC1(CS(=O)(=O)Cl)CCC1. The lowest BCUT2D eigenvalue weighted by molar-refractivity contribution is 0.177. The van der Waals surface area contributed by atoms with E-state index in [0.29, 0.717) is 6.54 Å². The van der Waals surface area contributed by atoms with Gasteiger partial charge in [-0.1, -0.05) is 6.42 Å². The molecule has 0 heterocycles. The monoisotopic (exact) mass is 197 g/mol. The van der Waals surface area contributed by atoms with E-state index in [4.69, 9.17) is 16.4 Å². The highest BCUT2D eigenvalue weighted by molar-refractivity contribution is 8.13. The van der Waals surface area contributed by atoms with Crippen molar-refractivity contribution in [1.29, 1.82) is 0 Å². The Hall–Kier alpha value is 0.200. The molecule has 0 aromatic heterocycles. The predicted octanol–water partition coefficient (Wildman–Crippen LogP) is 0.684. The molecule has 1 saturated carbocycles. The summed E-state index contributed by atoms with van der Waals surface area (Å²) in [5.74, 6) is 0.0397. The van der Waals surface area contributed by atoms with Crippen molar-refractivity contribution in [3.05, 3.63) is 0 Å². The first-order valence-electron chi connectivity index (χ1n) is 3.60. The lowest BCUT2D eigenvalue weighted by atomic mass is 9.70. The van der Waals surface area contributed by atoms with Crippen LogP contribution in [-0.4, -0.2) is 20.7 Å². The molecular weight excluding hydrogens is 186 g/mol. The summed E-state index contributed by atoms with van der Waals surface area (Å²) < 4.78 is 21.4. The summed E-state index contributed by atoms with van der Waals surface area (Å²) in [6.45, 7) is 0.430. The zero-order valence-electron chi connectivity index (χ0n) is 6.22. The average Bonchev–Trinajstić information content (AvgIpc) is 1.77. The van der Waals surface area contributed by atoms with Crippen LogP contribution in [0.15, 0.2) is 0 Å². The van der Waals surface area contributed by atoms with E-state index in [1.54, 1.807) is 0 Å². The maximum atomic E-state index is 10.7. The highest BCUT2D eigenvalue weighted by Gasteiger charge is 2.39. The summed E-state index contributed by atoms with van der Waals surface area (Å²) in [4.78, 5) is 0. The standard InChI is InChI=1S/C6H12ClNO2S/c7-11(9,10)5-6(4-8)2-1-3-6/h1-5,8H2. The first-order chi connectivity index (χ1) is 4.97. The Balaban J connectivity index is 2.59. The summed E-state index contributed by atoms with van der Waals surface area (Å²) in [7, 11) is 1.76. The molecule has 2 N–H and O–H groups in total. The summed E-state index contributed by atoms with van der Waals surface area (Å²) in [6.07, 6.45) is 2.87. The Morgan fingerprint density at radius 2 is 2.00 bits per heavy atom. The van der Waals surface area contributed by atoms with Crippen molar-refractivity contribution in [2.24, 2.45) is 11.1 Å². The Morgan fingerprint density at radius 3 is 2.09 bits per heavy atom. The summed E-state index contributed by atoms with van der Waals surface area (Å²) >= 11 is 0. The van der Waals surface area contributed by atoms with Gasteiger partial charge in [-0.25, -0.2) is 8.42 Å². The van der Waals surface area contributed by atoms with Crippen molar-refractivity contribution >= 4 is 19.7 Å². The van der Waals surface area contributed by atoms with Crippen LogP contribution in [-0.2, 0) is 9.05 Å². The average molecular weight is 198 g/mol. The van der Waals surface area contributed by atoms with Crippen molar-refractivity contribution in [1.82, 2.24) is 0 Å². The van der Waals surface area contributed by atoms with Crippen molar-refractivity contribution in [3.63, 3.8) is 0 Å². The summed E-state index contributed by atoms with van der Waals surface area (Å²) in [5, 5.41) is 0. The van der Waals surface area contributed by atoms with Gasteiger partial charge in [0.1, 0.15) is 0 Å². The molecule has 66 valence electrons. The second-order valence-corrected chi connectivity index (χ2v) is 6.02. The maximum Gasteiger partial charge on any atom is 0.233 e. The van der Waals surface area contributed by atoms with E-state index < -0.39 is 9.05 Å². The van der Waals surface area contributed by atoms with Gasteiger partial charge in [-0.2, -0.15) is 0 Å². The van der Waals surface area contributed by atoms with Crippen LogP contribution in [0.25, 0.3) is 0 Å². The minimum Gasteiger partial charge on any atom is -0.330 e. The fourth-order valence-electron chi connectivity index (χ4n) is 1.45. The quantitative estimate of drug-likeness (QED) is 0.678. The number of halogens is 1. The van der Waals surface area contributed by atoms with Gasteiger partial charge >= 0.3 is 0 Å². The van der Waals surface area contributed by atoms with Crippen LogP contribution in [0.5, 0.6) is 0 Å². The van der Waals surface area contributed by atoms with Crippen molar-refractivity contribution in [3.8, 4) is 0 Å². The van der Waals surface area contributed by atoms with Gasteiger partial charge in [0.15, 0.2) is 0 Å². The van der Waals surface area contributed by atoms with Crippen LogP contribution in [0.1, 0.15) is 19.3 Å². The van der Waals surface area contributed by atoms with Crippen LogP contribution in [0.3, 0.4) is 0 Å². The molecule has 11 heavy (non-hydrogen) atoms. The third-order valence-corrected chi connectivity index (χ3v) is 3.61. The molecule has 5 heteroatoms. The van der Waals surface area contributed by atoms with E-state index in [-0.39, 0.29) is 11.2 Å². The Bertz CT molecular complexity index is 227. The van der Waals surface area contributed by atoms with Crippen LogP contribution >= 0.6 is 10.7 Å². The molecule has 0 amide bonds. The molecule has 1 aliphatic carbocycles. The van der Waals surface area contributed by atoms with Gasteiger partial charge in [0.25, 0.3) is 0 Å². The molecule has 0 saturated heterocycles. The normalized spacial score (nSPS) is 22.7. The molecule has 0 aromatic rings. The molecule has 3 nitrogen and oxygen atoms in total. The zero-order chi connectivity index (χ0) is 8.54. The van der Waals surface area contributed by atoms with E-state index >= 15 is 0 Å². The minimum absolute atomic E-state index is 0.0397. The lowest BCUT2D eigenvalue weighted by Gasteiger charge is -2.39. The lowest BCUT2D eigenvalue weighted by Crippen LogP contribution is -2.42. The smallest absolute Gasteiger partial charge is 0.233 e. The fourth-order valence-corrected chi connectivity index (χ4v) is 3.28. The molecule has 0 bridgehead atoms. The molecule has 0 radical (unpaired) electrons. The summed E-state index contributed by atoms with van der Waals surface area (Å²) in [5.41, 5.74) is 5.26. The minimum atomic E-state index is -3.36. The Morgan fingerprint density at radius 1 is 1.45 bits per heavy atom. The van der Waals surface area contributed by atoms with Crippen molar-refractivity contribution < 1.29 is 8.42 Å².